The SMILES string of the molecule is COc1ccc(C(=O)c2ccc(OCc3nc(-c4ccccc4)oc3C)cc2)c(OC(F)(F)C(=O)O)c1. The summed E-state index contributed by atoms with van der Waals surface area (Å²) in [6.07, 6.45) is -4.54. The van der Waals surface area contributed by atoms with Crippen LogP contribution in [0.15, 0.2) is 77.2 Å². The summed E-state index contributed by atoms with van der Waals surface area (Å²) in [6.45, 7) is 1.90. The van der Waals surface area contributed by atoms with Gasteiger partial charge in [0.05, 0.1) is 12.7 Å². The number of oxazole rings is 1. The van der Waals surface area contributed by atoms with Gasteiger partial charge < -0.3 is 23.7 Å². The second-order valence-corrected chi connectivity index (χ2v) is 7.82. The van der Waals surface area contributed by atoms with Crippen molar-refractivity contribution < 1.29 is 42.1 Å². The molecule has 0 radical (unpaired) electrons. The first-order valence-electron chi connectivity index (χ1n) is 11.0. The molecule has 0 fully saturated rings. The topological polar surface area (TPSA) is 108 Å². The maximum absolute atomic E-state index is 13.7. The summed E-state index contributed by atoms with van der Waals surface area (Å²) < 4.78 is 48.3. The van der Waals surface area contributed by atoms with Gasteiger partial charge in [0.2, 0.25) is 5.89 Å². The van der Waals surface area contributed by atoms with E-state index in [2.05, 4.69) is 9.72 Å². The highest BCUT2D eigenvalue weighted by molar-refractivity contribution is 6.11. The molecule has 8 nitrogen and oxygen atoms in total. The molecular weight excluding hydrogens is 488 g/mol. The number of methoxy groups -OCH3 is 1. The number of benzene rings is 3. The Hall–Kier alpha value is -4.73. The first-order chi connectivity index (χ1) is 17.7. The van der Waals surface area contributed by atoms with Crippen LogP contribution < -0.4 is 14.2 Å². The molecule has 0 spiro atoms. The zero-order valence-corrected chi connectivity index (χ0v) is 19.7. The number of aryl methyl sites for hydroxylation is 1. The molecule has 190 valence electrons. The van der Waals surface area contributed by atoms with Crippen LogP contribution in [0.5, 0.6) is 17.2 Å². The molecule has 0 bridgehead atoms. The van der Waals surface area contributed by atoms with E-state index in [-0.39, 0.29) is 23.5 Å². The third-order valence-corrected chi connectivity index (χ3v) is 5.33. The van der Waals surface area contributed by atoms with Gasteiger partial charge in [-0.15, -0.1) is 0 Å². The van der Waals surface area contributed by atoms with Crippen molar-refractivity contribution in [3.63, 3.8) is 0 Å². The second kappa shape index (κ2) is 10.5. The van der Waals surface area contributed by atoms with E-state index in [0.29, 0.717) is 23.1 Å². The summed E-state index contributed by atoms with van der Waals surface area (Å²) in [7, 11) is 1.29. The van der Waals surface area contributed by atoms with Crippen LogP contribution in [-0.2, 0) is 11.4 Å². The lowest BCUT2D eigenvalue weighted by molar-refractivity contribution is -0.210. The van der Waals surface area contributed by atoms with Crippen LogP contribution in [0.25, 0.3) is 11.5 Å². The molecule has 0 amide bonds. The molecule has 0 unspecified atom stereocenters. The van der Waals surface area contributed by atoms with Crippen LogP contribution in [0, 0.1) is 6.92 Å². The molecular formula is C27H21F2NO7. The monoisotopic (exact) mass is 509 g/mol. The summed E-state index contributed by atoms with van der Waals surface area (Å²) in [5.74, 6) is -2.16. The molecule has 1 aromatic heterocycles. The minimum atomic E-state index is -4.54. The Balaban J connectivity index is 1.49. The van der Waals surface area contributed by atoms with Gasteiger partial charge in [-0.25, -0.2) is 9.78 Å². The van der Waals surface area contributed by atoms with E-state index in [1.54, 1.807) is 6.92 Å². The number of carbonyl (C=O) groups is 2. The van der Waals surface area contributed by atoms with Crippen LogP contribution in [0.4, 0.5) is 8.78 Å². The number of carboxylic acids is 1. The average molecular weight is 509 g/mol. The van der Waals surface area contributed by atoms with Gasteiger partial charge in [-0.1, -0.05) is 18.2 Å². The van der Waals surface area contributed by atoms with Crippen LogP contribution in [0.2, 0.25) is 0 Å². The third kappa shape index (κ3) is 5.75. The van der Waals surface area contributed by atoms with Crippen molar-refractivity contribution in [2.75, 3.05) is 7.11 Å². The third-order valence-electron chi connectivity index (χ3n) is 5.33. The van der Waals surface area contributed by atoms with Crippen molar-refractivity contribution >= 4 is 11.8 Å². The van der Waals surface area contributed by atoms with Crippen molar-refractivity contribution in [1.82, 2.24) is 4.98 Å². The molecule has 4 aromatic rings. The van der Waals surface area contributed by atoms with Crippen molar-refractivity contribution in [2.24, 2.45) is 0 Å². The Morgan fingerprint density at radius 1 is 1.00 bits per heavy atom. The minimum absolute atomic E-state index is 0.107. The lowest BCUT2D eigenvalue weighted by Crippen LogP contribution is -2.35. The first kappa shape index (κ1) is 25.4. The summed E-state index contributed by atoms with van der Waals surface area (Å²) in [4.78, 5) is 28.3. The van der Waals surface area contributed by atoms with Gasteiger partial charge in [0.25, 0.3) is 0 Å². The number of rotatable bonds is 10. The van der Waals surface area contributed by atoms with Gasteiger partial charge >= 0.3 is 12.1 Å². The molecule has 0 aliphatic carbocycles. The van der Waals surface area contributed by atoms with Crippen LogP contribution in [-0.4, -0.2) is 35.1 Å². The Morgan fingerprint density at radius 2 is 1.68 bits per heavy atom. The maximum Gasteiger partial charge on any atom is 0.501 e. The average Bonchev–Trinajstić information content (AvgIpc) is 3.28. The Labute approximate surface area is 210 Å². The van der Waals surface area contributed by atoms with Gasteiger partial charge in [-0.2, -0.15) is 8.78 Å². The van der Waals surface area contributed by atoms with E-state index < -0.39 is 23.6 Å². The smallest absolute Gasteiger partial charge is 0.497 e. The Kier molecular flexibility index (Phi) is 7.19. The highest BCUT2D eigenvalue weighted by Gasteiger charge is 2.43. The van der Waals surface area contributed by atoms with Crippen LogP contribution in [0.1, 0.15) is 27.4 Å². The number of halogens is 2. The largest absolute Gasteiger partial charge is 0.501 e. The van der Waals surface area contributed by atoms with Crippen molar-refractivity contribution in [1.29, 1.82) is 0 Å². The van der Waals surface area contributed by atoms with E-state index >= 15 is 0 Å². The lowest BCUT2D eigenvalue weighted by Gasteiger charge is -2.17. The quantitative estimate of drug-likeness (QED) is 0.278. The summed E-state index contributed by atoms with van der Waals surface area (Å²) in [6, 6.07) is 19.0. The van der Waals surface area contributed by atoms with Crippen LogP contribution >= 0.6 is 0 Å². The van der Waals surface area contributed by atoms with Gasteiger partial charge in [0, 0.05) is 17.2 Å². The highest BCUT2D eigenvalue weighted by Crippen LogP contribution is 2.32. The van der Waals surface area contributed by atoms with Crippen molar-refractivity contribution in [2.45, 2.75) is 19.6 Å². The molecule has 0 saturated heterocycles. The summed E-state index contributed by atoms with van der Waals surface area (Å²) in [5.41, 5.74) is 1.33. The van der Waals surface area contributed by atoms with Crippen molar-refractivity contribution in [3.8, 4) is 28.7 Å². The fourth-order valence-electron chi connectivity index (χ4n) is 3.36. The van der Waals surface area contributed by atoms with E-state index in [1.807, 2.05) is 30.3 Å². The molecule has 0 aliphatic rings. The number of aromatic nitrogens is 1. The number of carbonyl (C=O) groups excluding carboxylic acids is 1. The fourth-order valence-corrected chi connectivity index (χ4v) is 3.36. The Morgan fingerprint density at radius 3 is 2.32 bits per heavy atom. The van der Waals surface area contributed by atoms with E-state index in [1.165, 1.54) is 43.5 Å². The van der Waals surface area contributed by atoms with Gasteiger partial charge in [0.1, 0.15) is 35.3 Å². The standard InChI is InChI=1S/C27H21F2NO7/c1-16-22(30-25(36-16)18-6-4-3-5-7-18)15-35-19-10-8-17(9-11-19)24(31)21-13-12-20(34-2)14-23(21)37-27(28,29)26(32)33/h3-14H,15H2,1-2H3,(H,32,33). The van der Waals surface area contributed by atoms with Crippen LogP contribution in [0.3, 0.4) is 0 Å². The molecule has 1 N–H and O–H groups in total. The maximum atomic E-state index is 13.7. The number of nitrogens with zero attached hydrogens (tertiary/aromatic N) is 1. The molecule has 0 atom stereocenters. The molecule has 37 heavy (non-hydrogen) atoms. The normalized spacial score (nSPS) is 11.1. The number of hydrogen-bond donors (Lipinski definition) is 1. The molecule has 3 aromatic carbocycles. The first-order valence-corrected chi connectivity index (χ1v) is 11.0. The molecule has 10 heteroatoms. The second-order valence-electron chi connectivity index (χ2n) is 7.82. The zero-order valence-electron chi connectivity index (χ0n) is 19.7. The van der Waals surface area contributed by atoms with Gasteiger partial charge in [-0.05, 0) is 55.5 Å². The number of aliphatic carboxylic acids is 1. The predicted octanol–water partition coefficient (Wildman–Crippen LogP) is 5.52. The molecule has 4 rings (SSSR count). The lowest BCUT2D eigenvalue weighted by atomic mass is 10.0. The predicted molar refractivity (Wildman–Crippen MR) is 127 cm³/mol. The number of hydrogen-bond acceptors (Lipinski definition) is 7. The van der Waals surface area contributed by atoms with E-state index in [9.17, 15) is 18.4 Å². The molecule has 1 heterocycles. The number of ether oxygens (including phenoxy) is 3. The van der Waals surface area contributed by atoms with E-state index in [0.717, 1.165) is 11.6 Å². The number of ketones is 1. The minimum Gasteiger partial charge on any atom is -0.497 e. The van der Waals surface area contributed by atoms with Gasteiger partial charge in [0.15, 0.2) is 5.78 Å². The number of carboxylic acid groups (broad SMARTS) is 1. The molecule has 0 saturated carbocycles. The highest BCUT2D eigenvalue weighted by atomic mass is 19.3. The number of alkyl halides is 2. The van der Waals surface area contributed by atoms with E-state index in [4.69, 9.17) is 19.0 Å². The fraction of sp³-hybridized carbons (Fsp3) is 0.148. The summed E-state index contributed by atoms with van der Waals surface area (Å²) in [5, 5.41) is 8.70. The van der Waals surface area contributed by atoms with Crippen molar-refractivity contribution in [3.05, 3.63) is 95.4 Å². The molecule has 0 aliphatic heterocycles. The Bertz CT molecular complexity index is 1420. The van der Waals surface area contributed by atoms with Gasteiger partial charge in [-0.3, -0.25) is 4.79 Å². The zero-order chi connectivity index (χ0) is 26.6. The summed E-state index contributed by atoms with van der Waals surface area (Å²) >= 11 is 0.